The van der Waals surface area contributed by atoms with Crippen LogP contribution in [0.4, 0.5) is 5.69 Å². The molecule has 0 saturated heterocycles. The average Bonchev–Trinajstić information content (AvgIpc) is 3.06. The number of rotatable bonds is 6. The van der Waals surface area contributed by atoms with Crippen LogP contribution in [0.15, 0.2) is 42.5 Å². The number of amides is 1. The van der Waals surface area contributed by atoms with Gasteiger partial charge in [-0.3, -0.25) is 14.4 Å². The molecule has 0 radical (unpaired) electrons. The number of ether oxygens (including phenoxy) is 3. The molecule has 30 heavy (non-hydrogen) atoms. The summed E-state index contributed by atoms with van der Waals surface area (Å²) in [5.41, 5.74) is 2.43. The molecule has 0 spiro atoms. The van der Waals surface area contributed by atoms with Gasteiger partial charge in [0.2, 0.25) is 0 Å². The molecule has 2 aromatic carbocycles. The molecule has 2 heterocycles. The quantitative estimate of drug-likeness (QED) is 0.539. The third kappa shape index (κ3) is 4.45. The molecular formula is C23H23NO6. The van der Waals surface area contributed by atoms with Gasteiger partial charge in [-0.15, -0.1) is 0 Å². The molecule has 156 valence electrons. The van der Waals surface area contributed by atoms with Crippen molar-refractivity contribution in [1.29, 1.82) is 0 Å². The lowest BCUT2D eigenvalue weighted by Crippen LogP contribution is -2.33. The summed E-state index contributed by atoms with van der Waals surface area (Å²) in [6.45, 7) is 1.37. The Kier molecular flexibility index (Phi) is 5.97. The van der Waals surface area contributed by atoms with Crippen LogP contribution in [-0.2, 0) is 20.7 Å². The molecule has 0 saturated carbocycles. The highest BCUT2D eigenvalue weighted by molar-refractivity contribution is 5.99. The van der Waals surface area contributed by atoms with E-state index in [9.17, 15) is 14.4 Å². The smallest absolute Gasteiger partial charge is 0.306 e. The second-order valence-electron chi connectivity index (χ2n) is 7.22. The molecule has 1 amide bonds. The minimum Gasteiger partial charge on any atom is -0.490 e. The van der Waals surface area contributed by atoms with Crippen molar-refractivity contribution >= 4 is 23.3 Å². The Labute approximate surface area is 174 Å². The Morgan fingerprint density at radius 3 is 2.63 bits per heavy atom. The van der Waals surface area contributed by atoms with Gasteiger partial charge in [0.25, 0.3) is 5.91 Å². The van der Waals surface area contributed by atoms with E-state index in [0.29, 0.717) is 36.8 Å². The Morgan fingerprint density at radius 1 is 0.967 bits per heavy atom. The largest absolute Gasteiger partial charge is 0.490 e. The van der Waals surface area contributed by atoms with Gasteiger partial charge >= 0.3 is 5.97 Å². The Balaban J connectivity index is 1.25. The standard InChI is InChI=1S/C23H23NO6/c25-19(17-6-8-20-21(14-17)29-13-3-12-28-20)7-9-23(27)30-15-22(26)24-11-10-16-4-1-2-5-18(16)24/h1-2,4-6,8,14H,3,7,9-13,15H2. The highest BCUT2D eigenvalue weighted by atomic mass is 16.5. The fourth-order valence-corrected chi connectivity index (χ4v) is 3.59. The molecule has 0 atom stereocenters. The van der Waals surface area contributed by atoms with E-state index in [1.807, 2.05) is 24.3 Å². The van der Waals surface area contributed by atoms with E-state index in [1.165, 1.54) is 0 Å². The number of ketones is 1. The molecule has 2 aromatic rings. The zero-order valence-electron chi connectivity index (χ0n) is 16.6. The van der Waals surface area contributed by atoms with Gasteiger partial charge in [-0.2, -0.15) is 0 Å². The number of carbonyl (C=O) groups is 3. The number of esters is 1. The molecule has 0 unspecified atom stereocenters. The number of hydrogen-bond donors (Lipinski definition) is 0. The van der Waals surface area contributed by atoms with Crippen LogP contribution in [0.1, 0.15) is 35.2 Å². The minimum atomic E-state index is -0.571. The average molecular weight is 409 g/mol. The van der Waals surface area contributed by atoms with Crippen LogP contribution in [0, 0.1) is 0 Å². The SMILES string of the molecule is O=C(CCC(=O)c1ccc2c(c1)OCCCO2)OCC(=O)N1CCc2ccccc21. The predicted molar refractivity (Wildman–Crippen MR) is 109 cm³/mol. The zero-order chi connectivity index (χ0) is 20.9. The molecule has 0 aromatic heterocycles. The highest BCUT2D eigenvalue weighted by Crippen LogP contribution is 2.31. The lowest BCUT2D eigenvalue weighted by atomic mass is 10.1. The summed E-state index contributed by atoms with van der Waals surface area (Å²) in [7, 11) is 0. The van der Waals surface area contributed by atoms with E-state index in [0.717, 1.165) is 24.1 Å². The molecular weight excluding hydrogens is 386 g/mol. The van der Waals surface area contributed by atoms with E-state index in [4.69, 9.17) is 14.2 Å². The van der Waals surface area contributed by atoms with E-state index in [1.54, 1.807) is 23.1 Å². The lowest BCUT2D eigenvalue weighted by Gasteiger charge is -2.17. The molecule has 0 N–H and O–H groups in total. The topological polar surface area (TPSA) is 82.1 Å². The van der Waals surface area contributed by atoms with Crippen molar-refractivity contribution < 1.29 is 28.6 Å². The normalized spacial score (nSPS) is 14.6. The molecule has 0 aliphatic carbocycles. The first-order valence-corrected chi connectivity index (χ1v) is 10.1. The fraction of sp³-hybridized carbons (Fsp3) is 0.348. The van der Waals surface area contributed by atoms with Gasteiger partial charge in [-0.1, -0.05) is 18.2 Å². The Hall–Kier alpha value is -3.35. The van der Waals surface area contributed by atoms with Crippen LogP contribution in [0.5, 0.6) is 11.5 Å². The number of Topliss-reactive ketones (excluding diaryl/α,β-unsaturated/α-hetero) is 1. The summed E-state index contributed by atoms with van der Waals surface area (Å²) in [6, 6.07) is 12.7. The third-order valence-corrected chi connectivity index (χ3v) is 5.17. The summed E-state index contributed by atoms with van der Waals surface area (Å²) in [5, 5.41) is 0. The summed E-state index contributed by atoms with van der Waals surface area (Å²) < 4.78 is 16.2. The fourth-order valence-electron chi connectivity index (χ4n) is 3.59. The number of fused-ring (bicyclic) bond motifs is 2. The maximum Gasteiger partial charge on any atom is 0.306 e. The van der Waals surface area contributed by atoms with Gasteiger partial charge in [0.15, 0.2) is 23.9 Å². The van der Waals surface area contributed by atoms with Crippen LogP contribution < -0.4 is 14.4 Å². The Morgan fingerprint density at radius 2 is 1.77 bits per heavy atom. The second-order valence-corrected chi connectivity index (χ2v) is 7.22. The lowest BCUT2D eigenvalue weighted by molar-refractivity contribution is -0.147. The first-order chi connectivity index (χ1) is 14.6. The summed E-state index contributed by atoms with van der Waals surface area (Å²) >= 11 is 0. The number of anilines is 1. The monoisotopic (exact) mass is 409 g/mol. The number of nitrogens with zero attached hydrogens (tertiary/aromatic N) is 1. The van der Waals surface area contributed by atoms with Gasteiger partial charge < -0.3 is 19.1 Å². The van der Waals surface area contributed by atoms with Crippen molar-refractivity contribution in [1.82, 2.24) is 0 Å². The van der Waals surface area contributed by atoms with Crippen molar-refractivity contribution in [3.63, 3.8) is 0 Å². The van der Waals surface area contributed by atoms with Crippen LogP contribution in [0.25, 0.3) is 0 Å². The van der Waals surface area contributed by atoms with Crippen molar-refractivity contribution in [3.8, 4) is 11.5 Å². The molecule has 4 rings (SSSR count). The summed E-state index contributed by atoms with van der Waals surface area (Å²) in [5.74, 6) is 0.131. The molecule has 7 nitrogen and oxygen atoms in total. The first kappa shape index (κ1) is 19.9. The minimum absolute atomic E-state index is 0.000778. The van der Waals surface area contributed by atoms with Crippen LogP contribution in [-0.4, -0.2) is 44.0 Å². The zero-order valence-corrected chi connectivity index (χ0v) is 16.6. The molecule has 0 fully saturated rings. The highest BCUT2D eigenvalue weighted by Gasteiger charge is 2.25. The molecule has 2 aliphatic heterocycles. The van der Waals surface area contributed by atoms with E-state index in [-0.39, 0.29) is 31.1 Å². The number of carbonyl (C=O) groups excluding carboxylic acids is 3. The van der Waals surface area contributed by atoms with Gasteiger partial charge in [0, 0.05) is 30.6 Å². The second kappa shape index (κ2) is 8.98. The molecule has 7 heteroatoms. The van der Waals surface area contributed by atoms with Crippen molar-refractivity contribution in [2.24, 2.45) is 0 Å². The van der Waals surface area contributed by atoms with Gasteiger partial charge in [-0.25, -0.2) is 0 Å². The van der Waals surface area contributed by atoms with E-state index < -0.39 is 5.97 Å². The summed E-state index contributed by atoms with van der Waals surface area (Å²) in [4.78, 5) is 38.5. The van der Waals surface area contributed by atoms with Crippen LogP contribution in [0.3, 0.4) is 0 Å². The van der Waals surface area contributed by atoms with Crippen molar-refractivity contribution in [2.75, 3.05) is 31.3 Å². The maximum absolute atomic E-state index is 12.4. The Bertz CT molecular complexity index is 970. The van der Waals surface area contributed by atoms with Gasteiger partial charge in [0.1, 0.15) is 0 Å². The van der Waals surface area contributed by atoms with E-state index in [2.05, 4.69) is 0 Å². The summed E-state index contributed by atoms with van der Waals surface area (Å²) in [6.07, 6.45) is 1.49. The van der Waals surface area contributed by atoms with Crippen LogP contribution in [0.2, 0.25) is 0 Å². The van der Waals surface area contributed by atoms with Crippen molar-refractivity contribution in [2.45, 2.75) is 25.7 Å². The third-order valence-electron chi connectivity index (χ3n) is 5.17. The molecule has 2 aliphatic rings. The van der Waals surface area contributed by atoms with Gasteiger partial charge in [0.05, 0.1) is 19.6 Å². The van der Waals surface area contributed by atoms with E-state index >= 15 is 0 Å². The molecule has 0 bridgehead atoms. The number of hydrogen-bond acceptors (Lipinski definition) is 6. The van der Waals surface area contributed by atoms with Gasteiger partial charge in [-0.05, 0) is 36.2 Å². The van der Waals surface area contributed by atoms with Crippen LogP contribution >= 0.6 is 0 Å². The number of para-hydroxylation sites is 1. The predicted octanol–water partition coefficient (Wildman–Crippen LogP) is 2.94. The number of benzene rings is 2. The maximum atomic E-state index is 12.4. The van der Waals surface area contributed by atoms with Crippen molar-refractivity contribution in [3.05, 3.63) is 53.6 Å². The first-order valence-electron chi connectivity index (χ1n) is 10.1.